The van der Waals surface area contributed by atoms with E-state index in [0.717, 1.165) is 0 Å². The lowest BCUT2D eigenvalue weighted by Gasteiger charge is -2.09. The maximum atomic E-state index is 13.0. The summed E-state index contributed by atoms with van der Waals surface area (Å²) in [7, 11) is 0. The number of rotatable bonds is 4. The fourth-order valence-electron chi connectivity index (χ4n) is 2.04. The minimum absolute atomic E-state index is 0.0515. The van der Waals surface area contributed by atoms with Gasteiger partial charge < -0.3 is 10.4 Å². The van der Waals surface area contributed by atoms with E-state index < -0.39 is 6.09 Å². The molecule has 0 radical (unpaired) electrons. The molecule has 3 aromatic rings. The summed E-state index contributed by atoms with van der Waals surface area (Å²) in [5.41, 5.74) is 2.30. The number of halogens is 1. The first kappa shape index (κ1) is 14.6. The van der Waals surface area contributed by atoms with E-state index in [4.69, 9.17) is 5.11 Å². The maximum absolute atomic E-state index is 13.0. The summed E-state index contributed by atoms with van der Waals surface area (Å²) in [5.74, 6) is -0.0921. The fourth-order valence-corrected chi connectivity index (χ4v) is 2.04. The van der Waals surface area contributed by atoms with E-state index in [9.17, 15) is 9.18 Å². The lowest BCUT2D eigenvalue weighted by atomic mass is 10.1. The van der Waals surface area contributed by atoms with Gasteiger partial charge in [0.15, 0.2) is 0 Å². The number of hydrogen-bond donors (Lipinski definition) is 3. The van der Waals surface area contributed by atoms with Crippen LogP contribution < -0.4 is 5.32 Å². The number of benzene rings is 1. The van der Waals surface area contributed by atoms with E-state index in [2.05, 4.69) is 30.9 Å². The number of carbonyl (C=O) groups is 1. The maximum Gasteiger partial charge on any atom is 0.404 e. The SMILES string of the molecule is O=C(O)NCc1ccc(-c2ccc(F)cc2)nc1-c1nn[nH]n1. The van der Waals surface area contributed by atoms with Gasteiger partial charge in [-0.3, -0.25) is 0 Å². The Morgan fingerprint density at radius 1 is 1.22 bits per heavy atom. The largest absolute Gasteiger partial charge is 0.465 e. The van der Waals surface area contributed by atoms with Crippen LogP contribution in [0.15, 0.2) is 36.4 Å². The Morgan fingerprint density at radius 3 is 2.65 bits per heavy atom. The van der Waals surface area contributed by atoms with Crippen LogP contribution in [0.2, 0.25) is 0 Å². The van der Waals surface area contributed by atoms with Gasteiger partial charge in [0, 0.05) is 17.7 Å². The summed E-state index contributed by atoms with van der Waals surface area (Å²) in [6.07, 6.45) is -1.15. The van der Waals surface area contributed by atoms with Crippen molar-refractivity contribution in [3.8, 4) is 22.8 Å². The lowest BCUT2D eigenvalue weighted by molar-refractivity contribution is 0.194. The molecule has 3 rings (SSSR count). The number of pyridine rings is 1. The zero-order chi connectivity index (χ0) is 16.2. The van der Waals surface area contributed by atoms with Crippen molar-refractivity contribution >= 4 is 6.09 Å². The summed E-state index contributed by atoms with van der Waals surface area (Å²) in [6.45, 7) is 0.0515. The number of tetrazole rings is 1. The normalized spacial score (nSPS) is 10.5. The first-order chi connectivity index (χ1) is 11.1. The highest BCUT2D eigenvalue weighted by molar-refractivity contribution is 5.67. The molecule has 2 heterocycles. The topological polar surface area (TPSA) is 117 Å². The number of nitrogens with zero attached hydrogens (tertiary/aromatic N) is 4. The molecule has 0 saturated carbocycles. The molecule has 3 N–H and O–H groups in total. The quantitative estimate of drug-likeness (QED) is 0.676. The molecule has 9 heteroatoms. The van der Waals surface area contributed by atoms with Crippen molar-refractivity contribution in [2.24, 2.45) is 0 Å². The van der Waals surface area contributed by atoms with Gasteiger partial charge >= 0.3 is 6.09 Å². The average Bonchev–Trinajstić information content (AvgIpc) is 3.08. The van der Waals surface area contributed by atoms with Crippen LogP contribution in [0.1, 0.15) is 5.56 Å². The first-order valence-corrected chi connectivity index (χ1v) is 6.60. The molecule has 0 spiro atoms. The van der Waals surface area contributed by atoms with Crippen molar-refractivity contribution in [3.05, 3.63) is 47.8 Å². The van der Waals surface area contributed by atoms with Crippen molar-refractivity contribution in [1.82, 2.24) is 30.9 Å². The Labute approximate surface area is 129 Å². The predicted molar refractivity (Wildman–Crippen MR) is 77.7 cm³/mol. The van der Waals surface area contributed by atoms with Crippen LogP contribution in [-0.4, -0.2) is 36.8 Å². The van der Waals surface area contributed by atoms with Crippen molar-refractivity contribution in [2.45, 2.75) is 6.54 Å². The highest BCUT2D eigenvalue weighted by Crippen LogP contribution is 2.24. The summed E-state index contributed by atoms with van der Waals surface area (Å²) < 4.78 is 13.0. The molecular formula is C14H11FN6O2. The van der Waals surface area contributed by atoms with E-state index in [1.54, 1.807) is 24.3 Å². The van der Waals surface area contributed by atoms with Gasteiger partial charge in [-0.05, 0) is 35.5 Å². The highest BCUT2D eigenvalue weighted by atomic mass is 19.1. The summed E-state index contributed by atoms with van der Waals surface area (Å²) >= 11 is 0. The average molecular weight is 314 g/mol. The molecule has 2 aromatic heterocycles. The van der Waals surface area contributed by atoms with Crippen LogP contribution in [0, 0.1) is 5.82 Å². The second-order valence-corrected chi connectivity index (χ2v) is 4.61. The Hall–Kier alpha value is -3.36. The van der Waals surface area contributed by atoms with E-state index in [-0.39, 0.29) is 18.2 Å². The van der Waals surface area contributed by atoms with E-state index in [1.807, 2.05) is 0 Å². The van der Waals surface area contributed by atoms with Crippen LogP contribution in [0.4, 0.5) is 9.18 Å². The number of hydrogen-bond acceptors (Lipinski definition) is 5. The molecule has 0 atom stereocenters. The van der Waals surface area contributed by atoms with Crippen LogP contribution >= 0.6 is 0 Å². The molecule has 0 saturated heterocycles. The number of aromatic nitrogens is 5. The molecule has 8 nitrogen and oxygen atoms in total. The monoisotopic (exact) mass is 314 g/mol. The fraction of sp³-hybridized carbons (Fsp3) is 0.0714. The van der Waals surface area contributed by atoms with Crippen molar-refractivity contribution in [1.29, 1.82) is 0 Å². The molecule has 0 bridgehead atoms. The lowest BCUT2D eigenvalue weighted by Crippen LogP contribution is -2.20. The van der Waals surface area contributed by atoms with Gasteiger partial charge in [-0.25, -0.2) is 14.2 Å². The number of nitrogens with one attached hydrogen (secondary N) is 2. The van der Waals surface area contributed by atoms with Crippen LogP contribution in [0.5, 0.6) is 0 Å². The van der Waals surface area contributed by atoms with Crippen molar-refractivity contribution in [2.75, 3.05) is 0 Å². The molecule has 23 heavy (non-hydrogen) atoms. The van der Waals surface area contributed by atoms with Gasteiger partial charge in [-0.1, -0.05) is 6.07 Å². The van der Waals surface area contributed by atoms with Gasteiger partial charge in [0.25, 0.3) is 0 Å². The number of H-pyrrole nitrogens is 1. The second kappa shape index (κ2) is 6.18. The Morgan fingerprint density at radius 2 is 2.00 bits per heavy atom. The van der Waals surface area contributed by atoms with Gasteiger partial charge in [0.05, 0.1) is 5.69 Å². The van der Waals surface area contributed by atoms with Gasteiger partial charge in [-0.2, -0.15) is 5.21 Å². The Bertz CT molecular complexity index is 820. The molecule has 1 aromatic carbocycles. The molecule has 116 valence electrons. The van der Waals surface area contributed by atoms with Gasteiger partial charge in [0.2, 0.25) is 5.82 Å². The first-order valence-electron chi connectivity index (χ1n) is 6.60. The number of carboxylic acid groups (broad SMARTS) is 1. The Kier molecular flexibility index (Phi) is 3.91. The summed E-state index contributed by atoms with van der Waals surface area (Å²) in [4.78, 5) is 15.1. The second-order valence-electron chi connectivity index (χ2n) is 4.61. The zero-order valence-electron chi connectivity index (χ0n) is 11.7. The van der Waals surface area contributed by atoms with Crippen LogP contribution in [-0.2, 0) is 6.54 Å². The van der Waals surface area contributed by atoms with Crippen LogP contribution in [0.25, 0.3) is 22.8 Å². The van der Waals surface area contributed by atoms with E-state index >= 15 is 0 Å². The van der Waals surface area contributed by atoms with E-state index in [0.29, 0.717) is 22.5 Å². The molecule has 0 aliphatic heterocycles. The smallest absolute Gasteiger partial charge is 0.404 e. The van der Waals surface area contributed by atoms with Crippen molar-refractivity contribution < 1.29 is 14.3 Å². The minimum atomic E-state index is -1.15. The highest BCUT2D eigenvalue weighted by Gasteiger charge is 2.14. The summed E-state index contributed by atoms with van der Waals surface area (Å²) in [5, 5.41) is 24.6. The molecule has 0 unspecified atom stereocenters. The molecule has 0 aliphatic rings. The third-order valence-electron chi connectivity index (χ3n) is 3.11. The molecule has 0 fully saturated rings. The Balaban J connectivity index is 2.02. The third kappa shape index (κ3) is 3.28. The third-order valence-corrected chi connectivity index (χ3v) is 3.11. The minimum Gasteiger partial charge on any atom is -0.465 e. The predicted octanol–water partition coefficient (Wildman–Crippen LogP) is 1.84. The number of aromatic amines is 1. The molecular weight excluding hydrogens is 303 g/mol. The van der Waals surface area contributed by atoms with E-state index in [1.165, 1.54) is 12.1 Å². The molecule has 1 amide bonds. The van der Waals surface area contributed by atoms with Crippen molar-refractivity contribution in [3.63, 3.8) is 0 Å². The van der Waals surface area contributed by atoms with Gasteiger partial charge in [-0.15, -0.1) is 10.2 Å². The molecule has 0 aliphatic carbocycles. The summed E-state index contributed by atoms with van der Waals surface area (Å²) in [6, 6.07) is 9.32. The van der Waals surface area contributed by atoms with Crippen LogP contribution in [0.3, 0.4) is 0 Å². The number of amides is 1. The van der Waals surface area contributed by atoms with Gasteiger partial charge in [0.1, 0.15) is 11.5 Å². The zero-order valence-corrected chi connectivity index (χ0v) is 11.7. The standard InChI is InChI=1S/C14H11FN6O2/c15-10-4-1-8(2-5-10)11-6-3-9(7-16-14(22)23)12(17-11)13-18-20-21-19-13/h1-6,16H,7H2,(H,22,23)(H,18,19,20,21).